The Kier molecular flexibility index (Phi) is 5.85. The number of benzene rings is 2. The molecule has 0 spiro atoms. The van der Waals surface area contributed by atoms with Crippen molar-refractivity contribution >= 4 is 58.1 Å². The summed E-state index contributed by atoms with van der Waals surface area (Å²) in [6, 6.07) is 13.8. The molecule has 0 unspecified atom stereocenters. The average molecular weight is 469 g/mol. The van der Waals surface area contributed by atoms with E-state index in [0.29, 0.717) is 26.5 Å². The minimum atomic E-state index is -1.26. The Morgan fingerprint density at radius 2 is 1.72 bits per heavy atom. The number of rotatable bonds is 5. The number of aliphatic imine (C=N–C) groups is 1. The Morgan fingerprint density at radius 1 is 1.03 bits per heavy atom. The Morgan fingerprint density at radius 3 is 2.38 bits per heavy atom. The van der Waals surface area contributed by atoms with Gasteiger partial charge in [0.2, 0.25) is 0 Å². The minimum Gasteiger partial charge on any atom is -0.478 e. The molecule has 4 rings (SSSR count). The van der Waals surface area contributed by atoms with Crippen molar-refractivity contribution in [3.63, 3.8) is 0 Å². The number of carbonyl (C=O) groups excluding carboxylic acids is 1. The lowest BCUT2D eigenvalue weighted by molar-refractivity contribution is -0.115. The van der Waals surface area contributed by atoms with Crippen molar-refractivity contribution in [2.45, 2.75) is 0 Å². The highest BCUT2D eigenvalue weighted by atomic mass is 35.5. The predicted molar refractivity (Wildman–Crippen MR) is 120 cm³/mol. The highest BCUT2D eigenvalue weighted by Crippen LogP contribution is 2.32. The predicted octanol–water partition coefficient (Wildman–Crippen LogP) is 4.89. The molecule has 1 amide bonds. The van der Waals surface area contributed by atoms with Crippen molar-refractivity contribution in [3.05, 3.63) is 81.4 Å². The molecule has 1 aliphatic heterocycles. The minimum absolute atomic E-state index is 0.178. The zero-order valence-electron chi connectivity index (χ0n) is 16.0. The maximum absolute atomic E-state index is 12.3. The van der Waals surface area contributed by atoms with Gasteiger partial charge in [-0.05, 0) is 54.2 Å². The number of carboxylic acid groups (broad SMARTS) is 2. The van der Waals surface area contributed by atoms with Crippen LogP contribution in [0.15, 0.2) is 68.9 Å². The number of halogens is 1. The number of furan rings is 1. The van der Waals surface area contributed by atoms with Crippen molar-refractivity contribution in [1.82, 2.24) is 5.32 Å². The van der Waals surface area contributed by atoms with Gasteiger partial charge in [-0.25, -0.2) is 14.6 Å². The highest BCUT2D eigenvalue weighted by Gasteiger charge is 2.24. The van der Waals surface area contributed by atoms with Crippen LogP contribution in [-0.4, -0.2) is 33.2 Å². The topological polar surface area (TPSA) is 129 Å². The fourth-order valence-electron chi connectivity index (χ4n) is 2.86. The zero-order valence-corrected chi connectivity index (χ0v) is 17.6. The van der Waals surface area contributed by atoms with Crippen LogP contribution >= 0.6 is 23.4 Å². The smallest absolute Gasteiger partial charge is 0.335 e. The van der Waals surface area contributed by atoms with Crippen LogP contribution < -0.4 is 5.32 Å². The van der Waals surface area contributed by atoms with E-state index in [4.69, 9.17) is 16.0 Å². The molecule has 0 bridgehead atoms. The summed E-state index contributed by atoms with van der Waals surface area (Å²) in [5.41, 5.74) is 0.451. The van der Waals surface area contributed by atoms with Gasteiger partial charge in [0.1, 0.15) is 11.5 Å². The number of para-hydroxylation sites is 1. The first-order valence-corrected chi connectivity index (χ1v) is 10.3. The molecule has 1 fully saturated rings. The molecule has 160 valence electrons. The molecule has 2 aromatic carbocycles. The summed E-state index contributed by atoms with van der Waals surface area (Å²) in [5.74, 6) is -2.29. The number of nitrogens with one attached hydrogen (secondary N) is 1. The molecule has 0 saturated carbocycles. The molecule has 1 saturated heterocycles. The van der Waals surface area contributed by atoms with Gasteiger partial charge in [0.25, 0.3) is 5.91 Å². The summed E-state index contributed by atoms with van der Waals surface area (Å²) in [5, 5.41) is 21.9. The lowest BCUT2D eigenvalue weighted by Gasteiger charge is -2.03. The third-order valence-electron chi connectivity index (χ3n) is 4.34. The van der Waals surface area contributed by atoms with Gasteiger partial charge in [-0.2, -0.15) is 0 Å². The number of amides is 1. The molecule has 0 aliphatic carbocycles. The summed E-state index contributed by atoms with van der Waals surface area (Å²) >= 11 is 7.21. The number of nitrogens with zero attached hydrogens (tertiary/aromatic N) is 1. The van der Waals surface area contributed by atoms with E-state index in [0.717, 1.165) is 17.8 Å². The van der Waals surface area contributed by atoms with Crippen LogP contribution in [0.2, 0.25) is 5.02 Å². The van der Waals surface area contributed by atoms with E-state index in [9.17, 15) is 24.6 Å². The van der Waals surface area contributed by atoms with Crippen LogP contribution in [-0.2, 0) is 4.79 Å². The first-order chi connectivity index (χ1) is 15.3. The lowest BCUT2D eigenvalue weighted by Crippen LogP contribution is -2.19. The van der Waals surface area contributed by atoms with Gasteiger partial charge < -0.3 is 19.9 Å². The van der Waals surface area contributed by atoms with Crippen LogP contribution in [0, 0.1) is 0 Å². The van der Waals surface area contributed by atoms with E-state index in [-0.39, 0.29) is 28.4 Å². The normalized spacial score (nSPS) is 15.8. The molecule has 32 heavy (non-hydrogen) atoms. The number of amidine groups is 1. The molecular formula is C22H13ClN2O6S. The van der Waals surface area contributed by atoms with Gasteiger partial charge in [0.05, 0.1) is 26.7 Å². The van der Waals surface area contributed by atoms with E-state index in [1.54, 1.807) is 36.4 Å². The number of thioether (sulfide) groups is 1. The van der Waals surface area contributed by atoms with Gasteiger partial charge >= 0.3 is 11.9 Å². The SMILES string of the molecule is O=C1NC(=Nc2ccccc2Cl)SC1=Cc1ccc(-c2cc(C(=O)O)cc(C(=O)O)c2)o1. The van der Waals surface area contributed by atoms with E-state index in [2.05, 4.69) is 10.3 Å². The maximum Gasteiger partial charge on any atom is 0.335 e. The third-order valence-corrected chi connectivity index (χ3v) is 5.57. The van der Waals surface area contributed by atoms with Crippen LogP contribution in [0.5, 0.6) is 0 Å². The van der Waals surface area contributed by atoms with Gasteiger partial charge in [-0.15, -0.1) is 0 Å². The lowest BCUT2D eigenvalue weighted by atomic mass is 10.0. The molecule has 0 atom stereocenters. The molecule has 8 nitrogen and oxygen atoms in total. The van der Waals surface area contributed by atoms with Crippen LogP contribution in [0.25, 0.3) is 17.4 Å². The number of hydrogen-bond donors (Lipinski definition) is 3. The fourth-order valence-corrected chi connectivity index (χ4v) is 3.86. The Hall–Kier alpha value is -3.82. The van der Waals surface area contributed by atoms with Gasteiger partial charge in [-0.3, -0.25) is 4.79 Å². The molecular weight excluding hydrogens is 456 g/mol. The van der Waals surface area contributed by atoms with Gasteiger partial charge in [-0.1, -0.05) is 23.7 Å². The third kappa shape index (κ3) is 4.58. The molecule has 10 heteroatoms. The van der Waals surface area contributed by atoms with Crippen molar-refractivity contribution in [2.75, 3.05) is 0 Å². The summed E-state index contributed by atoms with van der Waals surface area (Å²) in [6.45, 7) is 0. The van der Waals surface area contributed by atoms with Crippen molar-refractivity contribution in [2.24, 2.45) is 4.99 Å². The first kappa shape index (κ1) is 21.4. The highest BCUT2D eigenvalue weighted by molar-refractivity contribution is 8.18. The summed E-state index contributed by atoms with van der Waals surface area (Å²) < 4.78 is 5.71. The molecule has 3 N–H and O–H groups in total. The first-order valence-electron chi connectivity index (χ1n) is 9.06. The molecule has 0 radical (unpaired) electrons. The Balaban J connectivity index is 1.61. The van der Waals surface area contributed by atoms with E-state index >= 15 is 0 Å². The van der Waals surface area contributed by atoms with Crippen LogP contribution in [0.4, 0.5) is 5.69 Å². The average Bonchev–Trinajstić information content (AvgIpc) is 3.36. The molecule has 3 aromatic rings. The van der Waals surface area contributed by atoms with Gasteiger partial charge in [0, 0.05) is 11.6 Å². The second kappa shape index (κ2) is 8.74. The number of hydrogen-bond acceptors (Lipinski definition) is 6. The molecule has 1 aromatic heterocycles. The van der Waals surface area contributed by atoms with Crippen LogP contribution in [0.1, 0.15) is 26.5 Å². The Bertz CT molecular complexity index is 1300. The summed E-state index contributed by atoms with van der Waals surface area (Å²) in [4.78, 5) is 39.6. The summed E-state index contributed by atoms with van der Waals surface area (Å²) in [6.07, 6.45) is 1.51. The van der Waals surface area contributed by atoms with Crippen molar-refractivity contribution in [1.29, 1.82) is 0 Å². The maximum atomic E-state index is 12.3. The van der Waals surface area contributed by atoms with E-state index in [1.807, 2.05) is 0 Å². The van der Waals surface area contributed by atoms with E-state index in [1.165, 1.54) is 18.2 Å². The second-order valence-corrected chi connectivity index (χ2v) is 7.98. The number of carboxylic acids is 2. The van der Waals surface area contributed by atoms with Crippen molar-refractivity contribution in [3.8, 4) is 11.3 Å². The van der Waals surface area contributed by atoms with Crippen LogP contribution in [0.3, 0.4) is 0 Å². The standard InChI is InChI=1S/C22H13ClN2O6S/c23-15-3-1-2-4-16(15)24-22-25-19(26)18(32-22)10-14-5-6-17(31-14)11-7-12(20(27)28)9-13(8-11)21(29)30/h1-10H,(H,27,28)(H,29,30)(H,24,25,26). The van der Waals surface area contributed by atoms with E-state index < -0.39 is 11.9 Å². The monoisotopic (exact) mass is 468 g/mol. The second-order valence-electron chi connectivity index (χ2n) is 6.54. The Labute approximate surface area is 190 Å². The number of carbonyl (C=O) groups is 3. The molecule has 2 heterocycles. The largest absolute Gasteiger partial charge is 0.478 e. The zero-order chi connectivity index (χ0) is 22.8. The summed E-state index contributed by atoms with van der Waals surface area (Å²) in [7, 11) is 0. The quantitative estimate of drug-likeness (QED) is 0.454. The molecule has 1 aliphatic rings. The van der Waals surface area contributed by atoms with Gasteiger partial charge in [0.15, 0.2) is 5.17 Å². The number of aromatic carboxylic acids is 2. The van der Waals surface area contributed by atoms with Crippen molar-refractivity contribution < 1.29 is 29.0 Å². The fraction of sp³-hybridized carbons (Fsp3) is 0.